The highest BCUT2D eigenvalue weighted by Crippen LogP contribution is 2.40. The minimum Gasteiger partial charge on any atom is -0.495 e. The molecule has 0 atom stereocenters. The lowest BCUT2D eigenvalue weighted by Gasteiger charge is -2.16. The normalized spacial score (nSPS) is 14.2. The zero-order valence-electron chi connectivity index (χ0n) is 19.1. The summed E-state index contributed by atoms with van der Waals surface area (Å²) in [6.45, 7) is 0.221. The average molecular weight is 649 g/mol. The fourth-order valence-corrected chi connectivity index (χ4v) is 5.84. The average Bonchev–Trinajstić information content (AvgIpc) is 3.15. The summed E-state index contributed by atoms with van der Waals surface area (Å²) in [4.78, 5) is 15.1. The monoisotopic (exact) mass is 648 g/mol. The molecule has 0 saturated carbocycles. The Bertz CT molecular complexity index is 1440. The first kappa shape index (κ1) is 26.3. The molecule has 0 radical (unpaired) electrons. The molecule has 1 heterocycles. The van der Waals surface area contributed by atoms with Crippen molar-refractivity contribution in [2.24, 2.45) is 0 Å². The van der Waals surface area contributed by atoms with Crippen LogP contribution in [0, 0.1) is 14.9 Å². The number of halogens is 2. The summed E-state index contributed by atoms with van der Waals surface area (Å²) in [7, 11) is 3.08. The lowest BCUT2D eigenvalue weighted by atomic mass is 10.1. The van der Waals surface area contributed by atoms with Crippen molar-refractivity contribution in [2.45, 2.75) is 6.61 Å². The Morgan fingerprint density at radius 1 is 1.14 bits per heavy atom. The van der Waals surface area contributed by atoms with Crippen LogP contribution >= 0.6 is 58.2 Å². The molecular weight excluding hydrogens is 631 g/mol. The first-order valence-corrected chi connectivity index (χ1v) is 13.1. The van der Waals surface area contributed by atoms with Gasteiger partial charge in [-0.3, -0.25) is 9.69 Å². The molecule has 3 aromatic carbocycles. The van der Waals surface area contributed by atoms with E-state index in [1.165, 1.54) is 23.8 Å². The van der Waals surface area contributed by atoms with Crippen LogP contribution in [0.5, 0.6) is 17.2 Å². The molecule has 1 amide bonds. The Morgan fingerprint density at radius 3 is 2.58 bits per heavy atom. The highest BCUT2D eigenvalue weighted by Gasteiger charge is 2.33. The maximum Gasteiger partial charge on any atom is 0.270 e. The van der Waals surface area contributed by atoms with E-state index in [0.29, 0.717) is 42.7 Å². The van der Waals surface area contributed by atoms with E-state index in [-0.39, 0.29) is 12.5 Å². The molecule has 3 aromatic rings. The largest absolute Gasteiger partial charge is 0.495 e. The second-order valence-corrected chi connectivity index (χ2v) is 10.7. The fraction of sp³-hybridized carbons (Fsp3) is 0.115. The molecule has 6 nitrogen and oxygen atoms in total. The SMILES string of the molecule is COc1ccc(N2C(=O)/C(=C\c3cc(I)c(OCc4ccccc4C#N)c(OC)c3)SC2=S)cc1Cl. The van der Waals surface area contributed by atoms with Gasteiger partial charge < -0.3 is 14.2 Å². The van der Waals surface area contributed by atoms with Crippen molar-refractivity contribution >= 4 is 80.2 Å². The number of ether oxygens (including phenoxy) is 3. The summed E-state index contributed by atoms with van der Waals surface area (Å²) < 4.78 is 18.0. The second-order valence-electron chi connectivity index (χ2n) is 7.43. The van der Waals surface area contributed by atoms with Crippen molar-refractivity contribution in [3.05, 3.63) is 84.8 Å². The van der Waals surface area contributed by atoms with Crippen LogP contribution < -0.4 is 19.1 Å². The van der Waals surface area contributed by atoms with E-state index in [4.69, 9.17) is 38.0 Å². The summed E-state index contributed by atoms with van der Waals surface area (Å²) in [5.41, 5.74) is 2.67. The molecule has 0 unspecified atom stereocenters. The van der Waals surface area contributed by atoms with Gasteiger partial charge in [0.25, 0.3) is 5.91 Å². The third kappa shape index (κ3) is 5.47. The van der Waals surface area contributed by atoms with Crippen molar-refractivity contribution < 1.29 is 19.0 Å². The number of amides is 1. The van der Waals surface area contributed by atoms with Crippen LogP contribution in [0.4, 0.5) is 5.69 Å². The zero-order valence-corrected chi connectivity index (χ0v) is 23.6. The molecule has 182 valence electrons. The van der Waals surface area contributed by atoms with Crippen LogP contribution in [-0.2, 0) is 11.4 Å². The van der Waals surface area contributed by atoms with Gasteiger partial charge in [0.15, 0.2) is 15.8 Å². The standard InChI is InChI=1S/C26H18ClIN2O4S2/c1-32-21-8-7-18(12-19(21)27)30-25(31)23(36-26(30)35)11-15-9-20(28)24(22(10-15)33-2)34-14-17-6-4-3-5-16(17)13-29/h3-12H,14H2,1-2H3/b23-11+. The number of rotatable bonds is 7. The predicted molar refractivity (Wildman–Crippen MR) is 155 cm³/mol. The van der Waals surface area contributed by atoms with Gasteiger partial charge in [-0.15, -0.1) is 0 Å². The number of anilines is 1. The molecule has 0 aromatic heterocycles. The number of thioether (sulfide) groups is 1. The maximum atomic E-state index is 13.2. The van der Waals surface area contributed by atoms with Gasteiger partial charge in [0.1, 0.15) is 12.4 Å². The van der Waals surface area contributed by atoms with E-state index in [9.17, 15) is 10.1 Å². The molecular formula is C26H18ClIN2O4S2. The number of methoxy groups -OCH3 is 2. The molecule has 10 heteroatoms. The Kier molecular flexibility index (Phi) is 8.41. The molecule has 1 aliphatic rings. The van der Waals surface area contributed by atoms with Crippen molar-refractivity contribution in [3.8, 4) is 23.3 Å². The molecule has 4 rings (SSSR count). The summed E-state index contributed by atoms with van der Waals surface area (Å²) in [5, 5.41) is 9.71. The molecule has 0 aliphatic carbocycles. The van der Waals surface area contributed by atoms with Gasteiger partial charge in [0.2, 0.25) is 0 Å². The quantitative estimate of drug-likeness (QED) is 0.158. The first-order chi connectivity index (χ1) is 17.4. The van der Waals surface area contributed by atoms with Crippen LogP contribution in [0.15, 0.2) is 59.5 Å². The molecule has 36 heavy (non-hydrogen) atoms. The Balaban J connectivity index is 1.59. The number of nitrogens with zero attached hydrogens (tertiary/aromatic N) is 2. The van der Waals surface area contributed by atoms with Crippen molar-refractivity contribution in [3.63, 3.8) is 0 Å². The molecule has 1 saturated heterocycles. The molecule has 0 N–H and O–H groups in total. The number of hydrogen-bond donors (Lipinski definition) is 0. The van der Waals surface area contributed by atoms with E-state index in [1.807, 2.05) is 24.3 Å². The Hall–Kier alpha value is -2.78. The molecule has 1 aliphatic heterocycles. The van der Waals surface area contributed by atoms with Crippen molar-refractivity contribution in [2.75, 3.05) is 19.1 Å². The lowest BCUT2D eigenvalue weighted by Crippen LogP contribution is -2.27. The minimum absolute atomic E-state index is 0.221. The number of benzene rings is 3. The number of carbonyl (C=O) groups is 1. The van der Waals surface area contributed by atoms with Crippen molar-refractivity contribution in [1.82, 2.24) is 0 Å². The van der Waals surface area contributed by atoms with Gasteiger partial charge in [-0.05, 0) is 70.6 Å². The van der Waals surface area contributed by atoms with E-state index in [0.717, 1.165) is 14.7 Å². The van der Waals surface area contributed by atoms with Gasteiger partial charge in [-0.2, -0.15) is 5.26 Å². The van der Waals surface area contributed by atoms with Gasteiger partial charge in [-0.1, -0.05) is 53.8 Å². The van der Waals surface area contributed by atoms with Gasteiger partial charge in [0.05, 0.1) is 45.0 Å². The van der Waals surface area contributed by atoms with E-state index in [2.05, 4.69) is 28.7 Å². The Morgan fingerprint density at radius 2 is 1.89 bits per heavy atom. The predicted octanol–water partition coefficient (Wildman–Crippen LogP) is 6.82. The highest BCUT2D eigenvalue weighted by molar-refractivity contribution is 14.1. The number of thiocarbonyl (C=S) groups is 1. The summed E-state index contributed by atoms with van der Waals surface area (Å²) >= 11 is 15.1. The van der Waals surface area contributed by atoms with Gasteiger partial charge in [0, 0.05) is 5.56 Å². The molecule has 0 spiro atoms. The van der Waals surface area contributed by atoms with Crippen LogP contribution in [-0.4, -0.2) is 24.4 Å². The van der Waals surface area contributed by atoms with Crippen LogP contribution in [0.25, 0.3) is 6.08 Å². The number of nitriles is 1. The van der Waals surface area contributed by atoms with Crippen LogP contribution in [0.3, 0.4) is 0 Å². The summed E-state index contributed by atoms with van der Waals surface area (Å²) in [6, 6.07) is 18.2. The van der Waals surface area contributed by atoms with Gasteiger partial charge >= 0.3 is 0 Å². The molecule has 1 fully saturated rings. The maximum absolute atomic E-state index is 13.2. The second kappa shape index (κ2) is 11.5. The third-order valence-corrected chi connectivity index (χ3v) is 7.65. The number of hydrogen-bond acceptors (Lipinski definition) is 7. The highest BCUT2D eigenvalue weighted by atomic mass is 127. The summed E-state index contributed by atoms with van der Waals surface area (Å²) in [6.07, 6.45) is 1.77. The lowest BCUT2D eigenvalue weighted by molar-refractivity contribution is -0.113. The zero-order chi connectivity index (χ0) is 25.8. The first-order valence-electron chi connectivity index (χ1n) is 10.5. The van der Waals surface area contributed by atoms with Gasteiger partial charge in [-0.25, -0.2) is 0 Å². The van der Waals surface area contributed by atoms with E-state index in [1.54, 1.807) is 43.5 Å². The van der Waals surface area contributed by atoms with E-state index < -0.39 is 0 Å². The summed E-state index contributed by atoms with van der Waals surface area (Å²) in [5.74, 6) is 1.35. The van der Waals surface area contributed by atoms with Crippen molar-refractivity contribution in [1.29, 1.82) is 5.26 Å². The number of carbonyl (C=O) groups excluding carboxylic acids is 1. The topological polar surface area (TPSA) is 71.8 Å². The smallest absolute Gasteiger partial charge is 0.270 e. The van der Waals surface area contributed by atoms with E-state index >= 15 is 0 Å². The molecule has 0 bridgehead atoms. The third-order valence-electron chi connectivity index (χ3n) is 5.25. The van der Waals surface area contributed by atoms with Crippen LogP contribution in [0.1, 0.15) is 16.7 Å². The fourth-order valence-electron chi connectivity index (χ4n) is 3.50. The minimum atomic E-state index is -0.242. The van der Waals surface area contributed by atoms with Crippen LogP contribution in [0.2, 0.25) is 5.02 Å². The Labute approximate surface area is 236 Å².